The lowest BCUT2D eigenvalue weighted by Gasteiger charge is -2.01. The Hall–Kier alpha value is -2.60. The Morgan fingerprint density at radius 1 is 1.27 bits per heavy atom. The van der Waals surface area contributed by atoms with Crippen LogP contribution in [0.3, 0.4) is 0 Å². The van der Waals surface area contributed by atoms with Gasteiger partial charge in [0.2, 0.25) is 5.96 Å². The average Bonchev–Trinajstić information content (AvgIpc) is 3.07. The molecule has 0 spiro atoms. The van der Waals surface area contributed by atoms with Gasteiger partial charge >= 0.3 is 0 Å². The van der Waals surface area contributed by atoms with Gasteiger partial charge in [0, 0.05) is 23.5 Å². The van der Waals surface area contributed by atoms with Crippen LogP contribution in [0.25, 0.3) is 21.5 Å². The molecule has 6 heteroatoms. The number of aryl methyl sites for hydroxylation is 1. The van der Waals surface area contributed by atoms with Crippen LogP contribution in [-0.4, -0.2) is 17.2 Å². The number of para-hydroxylation sites is 1. The third-order valence-electron chi connectivity index (χ3n) is 3.45. The molecular formula is C16H17N5S. The molecule has 0 saturated heterocycles. The van der Waals surface area contributed by atoms with Gasteiger partial charge in [-0.15, -0.1) is 16.4 Å². The second kappa shape index (κ2) is 6.03. The molecule has 5 N–H and O–H groups in total. The molecule has 1 aromatic carbocycles. The van der Waals surface area contributed by atoms with Gasteiger partial charge in [0.25, 0.3) is 0 Å². The lowest BCUT2D eigenvalue weighted by atomic mass is 10.1. The smallest absolute Gasteiger partial charge is 0.211 e. The molecule has 0 unspecified atom stereocenters. The maximum absolute atomic E-state index is 5.28. The number of aromatic nitrogens is 1. The lowest BCUT2D eigenvalue weighted by Crippen LogP contribution is -2.21. The van der Waals surface area contributed by atoms with E-state index in [1.807, 2.05) is 12.1 Å². The molecule has 0 aliphatic rings. The van der Waals surface area contributed by atoms with E-state index in [1.165, 1.54) is 21.4 Å². The molecule has 2 heterocycles. The number of fused-ring (bicyclic) bond motifs is 1. The summed E-state index contributed by atoms with van der Waals surface area (Å²) in [6.07, 6.45) is 2.38. The number of nitrogens with one attached hydrogen (secondary N) is 1. The van der Waals surface area contributed by atoms with Crippen LogP contribution in [0.5, 0.6) is 0 Å². The van der Waals surface area contributed by atoms with Gasteiger partial charge in [0.15, 0.2) is 0 Å². The third kappa shape index (κ3) is 2.73. The Kier molecular flexibility index (Phi) is 3.93. The van der Waals surface area contributed by atoms with Gasteiger partial charge in [0.1, 0.15) is 0 Å². The Bertz CT molecular complexity index is 852. The quantitative estimate of drug-likeness (QED) is 0.392. The Labute approximate surface area is 132 Å². The molecule has 0 aliphatic heterocycles. The van der Waals surface area contributed by atoms with Crippen LogP contribution < -0.4 is 11.5 Å². The second-order valence-electron chi connectivity index (χ2n) is 4.98. The van der Waals surface area contributed by atoms with Gasteiger partial charge in [-0.2, -0.15) is 5.10 Å². The highest BCUT2D eigenvalue weighted by atomic mass is 32.1. The highest BCUT2D eigenvalue weighted by Crippen LogP contribution is 2.35. The molecule has 22 heavy (non-hydrogen) atoms. The number of thiophene rings is 1. The third-order valence-corrected chi connectivity index (χ3v) is 4.49. The molecule has 0 radical (unpaired) electrons. The number of hydrogen-bond donors (Lipinski definition) is 3. The summed E-state index contributed by atoms with van der Waals surface area (Å²) in [5, 5.41) is 10.8. The minimum absolute atomic E-state index is 0.0375. The van der Waals surface area contributed by atoms with Crippen LogP contribution in [0.4, 0.5) is 0 Å². The lowest BCUT2D eigenvalue weighted by molar-refractivity contribution is 1.19. The Morgan fingerprint density at radius 2 is 2.09 bits per heavy atom. The van der Waals surface area contributed by atoms with Gasteiger partial charge in [-0.25, -0.2) is 0 Å². The van der Waals surface area contributed by atoms with Crippen molar-refractivity contribution in [2.75, 3.05) is 0 Å². The normalized spacial score (nSPS) is 11.3. The first kappa shape index (κ1) is 14.3. The van der Waals surface area contributed by atoms with Crippen LogP contribution in [0, 0.1) is 6.92 Å². The van der Waals surface area contributed by atoms with Gasteiger partial charge in [0.05, 0.1) is 10.6 Å². The minimum Gasteiger partial charge on any atom is -0.369 e. The number of nitrogens with two attached hydrogens (primary N) is 2. The van der Waals surface area contributed by atoms with Crippen molar-refractivity contribution in [1.29, 1.82) is 0 Å². The Balaban J connectivity index is 2.08. The number of H-pyrrole nitrogens is 1. The van der Waals surface area contributed by atoms with Crippen LogP contribution >= 0.6 is 11.3 Å². The zero-order valence-corrected chi connectivity index (χ0v) is 13.0. The van der Waals surface area contributed by atoms with Crippen molar-refractivity contribution in [3.05, 3.63) is 46.8 Å². The van der Waals surface area contributed by atoms with Gasteiger partial charge in [-0.05, 0) is 35.6 Å². The highest BCUT2D eigenvalue weighted by Gasteiger charge is 2.14. The molecule has 3 aromatic rings. The van der Waals surface area contributed by atoms with E-state index >= 15 is 0 Å². The summed E-state index contributed by atoms with van der Waals surface area (Å²) in [4.78, 5) is 4.77. The number of nitrogens with zero attached hydrogens (tertiary/aromatic N) is 2. The summed E-state index contributed by atoms with van der Waals surface area (Å²) in [7, 11) is 0. The average molecular weight is 311 g/mol. The fourth-order valence-electron chi connectivity index (χ4n) is 2.47. The van der Waals surface area contributed by atoms with E-state index < -0.39 is 0 Å². The van der Waals surface area contributed by atoms with Crippen molar-refractivity contribution in [3.63, 3.8) is 0 Å². The summed E-state index contributed by atoms with van der Waals surface area (Å²) < 4.78 is 0. The number of aromatic amines is 1. The highest BCUT2D eigenvalue weighted by molar-refractivity contribution is 7.13. The maximum atomic E-state index is 5.28. The van der Waals surface area contributed by atoms with E-state index in [2.05, 4.69) is 45.7 Å². The van der Waals surface area contributed by atoms with Crippen LogP contribution in [0.1, 0.15) is 11.1 Å². The van der Waals surface area contributed by atoms with Crippen molar-refractivity contribution < 1.29 is 0 Å². The largest absolute Gasteiger partial charge is 0.369 e. The van der Waals surface area contributed by atoms with Crippen molar-refractivity contribution in [2.24, 2.45) is 21.7 Å². The summed E-state index contributed by atoms with van der Waals surface area (Å²) in [6.45, 7) is 2.12. The monoisotopic (exact) mass is 311 g/mol. The number of benzene rings is 1. The summed E-state index contributed by atoms with van der Waals surface area (Å²) in [5.74, 6) is -0.0375. The molecular weight excluding hydrogens is 294 g/mol. The standard InChI is InChI=1S/C16H17N5S/c1-10-7-9-22-15(10)14-12(6-8-19-21-16(17)18)11-4-2-3-5-13(11)20-14/h2-5,7-9,20H,6H2,1H3,(H4,17,18,21). The molecule has 112 valence electrons. The molecule has 3 rings (SSSR count). The summed E-state index contributed by atoms with van der Waals surface area (Å²) >= 11 is 1.73. The van der Waals surface area contributed by atoms with Crippen LogP contribution in [0.2, 0.25) is 0 Å². The van der Waals surface area contributed by atoms with E-state index in [-0.39, 0.29) is 5.96 Å². The molecule has 0 saturated carbocycles. The molecule has 0 amide bonds. The fourth-order valence-corrected chi connectivity index (χ4v) is 3.43. The number of hydrogen-bond acceptors (Lipinski definition) is 3. The zero-order chi connectivity index (χ0) is 15.5. The molecule has 0 atom stereocenters. The van der Waals surface area contributed by atoms with E-state index in [1.54, 1.807) is 17.6 Å². The van der Waals surface area contributed by atoms with Crippen LogP contribution in [-0.2, 0) is 6.42 Å². The van der Waals surface area contributed by atoms with E-state index in [0.29, 0.717) is 6.42 Å². The van der Waals surface area contributed by atoms with E-state index in [4.69, 9.17) is 11.5 Å². The molecule has 5 nitrogen and oxygen atoms in total. The predicted octanol–water partition coefficient (Wildman–Crippen LogP) is 3.01. The second-order valence-corrected chi connectivity index (χ2v) is 5.90. The van der Waals surface area contributed by atoms with Gasteiger partial charge < -0.3 is 16.5 Å². The molecule has 0 fully saturated rings. The van der Waals surface area contributed by atoms with E-state index in [9.17, 15) is 0 Å². The first-order chi connectivity index (χ1) is 10.7. The van der Waals surface area contributed by atoms with Crippen LogP contribution in [0.15, 0.2) is 45.9 Å². The first-order valence-corrected chi connectivity index (χ1v) is 7.79. The maximum Gasteiger partial charge on any atom is 0.211 e. The molecule has 2 aromatic heterocycles. The van der Waals surface area contributed by atoms with Crippen molar-refractivity contribution >= 4 is 34.4 Å². The summed E-state index contributed by atoms with van der Waals surface area (Å²) in [6, 6.07) is 10.4. The number of guanidine groups is 1. The molecule has 0 aliphatic carbocycles. The van der Waals surface area contributed by atoms with Crippen molar-refractivity contribution in [2.45, 2.75) is 13.3 Å². The fraction of sp³-hybridized carbons (Fsp3) is 0.125. The molecule has 0 bridgehead atoms. The van der Waals surface area contributed by atoms with Gasteiger partial charge in [-0.1, -0.05) is 18.2 Å². The topological polar surface area (TPSA) is 92.5 Å². The van der Waals surface area contributed by atoms with Crippen molar-refractivity contribution in [3.8, 4) is 10.6 Å². The minimum atomic E-state index is -0.0375. The van der Waals surface area contributed by atoms with Gasteiger partial charge in [-0.3, -0.25) is 0 Å². The first-order valence-electron chi connectivity index (χ1n) is 6.91. The van der Waals surface area contributed by atoms with Crippen molar-refractivity contribution in [1.82, 2.24) is 4.98 Å². The van der Waals surface area contributed by atoms with E-state index in [0.717, 1.165) is 11.2 Å². The summed E-state index contributed by atoms with van der Waals surface area (Å²) in [5.41, 5.74) is 15.3. The Morgan fingerprint density at radius 3 is 2.82 bits per heavy atom. The zero-order valence-electron chi connectivity index (χ0n) is 12.2. The number of rotatable bonds is 4. The SMILES string of the molecule is Cc1ccsc1-c1[nH]c2ccccc2c1CC=NN=C(N)N. The predicted molar refractivity (Wildman–Crippen MR) is 94.4 cm³/mol.